The number of amides is 6. The molecule has 1 fully saturated rings. The molecule has 6 amide bonds. The second kappa shape index (κ2) is 22.4. The van der Waals surface area contributed by atoms with Gasteiger partial charge < -0.3 is 58.8 Å². The molecule has 2 aromatic rings. The highest BCUT2D eigenvalue weighted by Gasteiger charge is 2.32. The maximum absolute atomic E-state index is 14.1. The third-order valence-corrected chi connectivity index (χ3v) is 11.0. The van der Waals surface area contributed by atoms with Gasteiger partial charge in [-0.05, 0) is 44.7 Å². The Morgan fingerprint density at radius 2 is 1.71 bits per heavy atom. The lowest BCUT2D eigenvalue weighted by atomic mass is 10.1. The Morgan fingerprint density at radius 3 is 2.42 bits per heavy atom. The number of rotatable bonds is 10. The fourth-order valence-corrected chi connectivity index (χ4v) is 7.77. The van der Waals surface area contributed by atoms with Gasteiger partial charge in [0.1, 0.15) is 18.1 Å². The number of H-pyrrole nitrogens is 1. The normalized spacial score (nSPS) is 23.2. The third-order valence-electron chi connectivity index (χ3n) is 8.63. The van der Waals surface area contributed by atoms with Crippen LogP contribution in [0.3, 0.4) is 0 Å². The molecule has 0 spiro atoms. The molecule has 55 heavy (non-hydrogen) atoms. The number of aromatic nitrogens is 1. The summed E-state index contributed by atoms with van der Waals surface area (Å²) in [5.41, 5.74) is 17.9. The van der Waals surface area contributed by atoms with Gasteiger partial charge in [0.05, 0.1) is 25.0 Å². The number of nitrogens with one attached hydrogen (secondary N) is 6. The Labute approximate surface area is 326 Å². The number of primary amides is 1. The summed E-state index contributed by atoms with van der Waals surface area (Å²) in [5.74, 6) is -4.62. The molecule has 1 aromatic heterocycles. The van der Waals surface area contributed by atoms with Crippen LogP contribution in [0.4, 0.5) is 0 Å². The van der Waals surface area contributed by atoms with Gasteiger partial charge >= 0.3 is 5.97 Å². The fraction of sp³-hybridized carbons (Fsp3) is 0.529. The van der Waals surface area contributed by atoms with Crippen LogP contribution < -0.4 is 43.8 Å². The van der Waals surface area contributed by atoms with Crippen molar-refractivity contribution in [1.82, 2.24) is 36.5 Å². The summed E-state index contributed by atoms with van der Waals surface area (Å²) in [7, 11) is 2.48. The Balaban J connectivity index is 1.85. The topological polar surface area (TPSA) is 309 Å². The average molecular weight is 806 g/mol. The highest BCUT2D eigenvalue weighted by molar-refractivity contribution is 8.76. The van der Waals surface area contributed by atoms with Crippen molar-refractivity contribution in [2.75, 3.05) is 31.1 Å². The number of nitrogens with two attached hydrogens (primary N) is 3. The van der Waals surface area contributed by atoms with Crippen molar-refractivity contribution >= 4 is 79.9 Å². The van der Waals surface area contributed by atoms with E-state index in [0.717, 1.165) is 16.5 Å². The van der Waals surface area contributed by atoms with Crippen LogP contribution in [0.2, 0.25) is 0 Å². The first kappa shape index (κ1) is 44.4. The van der Waals surface area contributed by atoms with Gasteiger partial charge in [0.25, 0.3) is 0 Å². The molecule has 2 heterocycles. The van der Waals surface area contributed by atoms with E-state index in [1.807, 2.05) is 24.3 Å². The molecule has 13 N–H and O–H groups in total. The molecule has 0 aliphatic carbocycles. The molecule has 1 aliphatic heterocycles. The summed E-state index contributed by atoms with van der Waals surface area (Å²) < 4.78 is 0. The average Bonchev–Trinajstić information content (AvgIpc) is 3.54. The number of nitrogens with zero attached hydrogens (tertiary/aromatic N) is 2. The number of benzene rings is 1. The van der Waals surface area contributed by atoms with Gasteiger partial charge in [0, 0.05) is 54.7 Å². The van der Waals surface area contributed by atoms with Crippen LogP contribution in [0.25, 0.3) is 10.9 Å². The number of carbonyl (C=O) groups excluding carboxylic acids is 6. The number of fused-ring (bicyclic) bond motifs is 1. The Bertz CT molecular complexity index is 1700. The predicted octanol–water partition coefficient (Wildman–Crippen LogP) is -1.38. The second-order valence-corrected chi connectivity index (χ2v) is 15.6. The van der Waals surface area contributed by atoms with Crippen LogP contribution in [0.1, 0.15) is 51.5 Å². The van der Waals surface area contributed by atoms with E-state index in [-0.39, 0.29) is 43.4 Å². The minimum absolute atomic E-state index is 0.00358. The first-order valence-electron chi connectivity index (χ1n) is 17.7. The fourth-order valence-electron chi connectivity index (χ4n) is 5.60. The highest BCUT2D eigenvalue weighted by atomic mass is 33.1. The van der Waals surface area contributed by atoms with E-state index in [2.05, 4.69) is 36.6 Å². The molecule has 0 radical (unpaired) electrons. The van der Waals surface area contributed by atoms with Gasteiger partial charge in [-0.2, -0.15) is 0 Å². The van der Waals surface area contributed by atoms with Crippen molar-refractivity contribution in [2.45, 2.75) is 82.7 Å². The summed E-state index contributed by atoms with van der Waals surface area (Å²) >= 11 is 0. The first-order chi connectivity index (χ1) is 26.2. The summed E-state index contributed by atoms with van der Waals surface area (Å²) in [6, 6.07) is 2.29. The number of hydrogen-bond donors (Lipinski definition) is 10. The summed E-state index contributed by atoms with van der Waals surface area (Å²) in [4.78, 5) is 99.2. The van der Waals surface area contributed by atoms with E-state index in [1.54, 1.807) is 13.1 Å². The lowest BCUT2D eigenvalue weighted by molar-refractivity contribution is -0.142. The summed E-state index contributed by atoms with van der Waals surface area (Å²) in [5, 5.41) is 23.8. The van der Waals surface area contributed by atoms with Crippen LogP contribution in [-0.2, 0) is 40.1 Å². The number of aliphatic carboxylic acids is 1. The maximum Gasteiger partial charge on any atom is 0.305 e. The molecule has 21 heteroatoms. The van der Waals surface area contributed by atoms with Gasteiger partial charge in [0.2, 0.25) is 35.4 Å². The summed E-state index contributed by atoms with van der Waals surface area (Å²) in [6.45, 7) is 2.72. The molecule has 0 bridgehead atoms. The van der Waals surface area contributed by atoms with E-state index >= 15 is 0 Å². The van der Waals surface area contributed by atoms with Crippen molar-refractivity contribution in [3.8, 4) is 0 Å². The SMILES string of the molecule is C[C@@H]1NC[C@H](CC(=O)O)NC(=O)CNC(=O)[C@H](CCCCN=C(N)N)NC(=O)CCSSC[C@@H](C(N)=O)NC(=O)[C@H](C)N(Cc2c[nH]c3ccccc23)C1=O. The predicted molar refractivity (Wildman–Crippen MR) is 210 cm³/mol. The van der Waals surface area contributed by atoms with E-state index in [9.17, 15) is 38.7 Å². The molecule has 0 saturated carbocycles. The van der Waals surface area contributed by atoms with E-state index in [1.165, 1.54) is 33.4 Å². The zero-order chi connectivity index (χ0) is 40.5. The molecular weight excluding hydrogens is 755 g/mol. The number of hydrogen-bond acceptors (Lipinski definition) is 11. The standard InChI is InChI=1S/C34H51N11O8S2/c1-19-33(53)45(17-21-14-40-24-8-4-3-7-23(21)24)20(2)31(51)44-26(30(35)50)18-55-54-12-10-27(46)43-25(9-5-6-11-38-34(36)37)32(52)41-16-28(47)42-22(15-39-19)13-29(48)49/h3-4,7-8,14,19-20,22,25-26,39-40H,5-6,9-13,15-18H2,1-2H3,(H2,35,50)(H,41,52)(H,42,47)(H,43,46)(H,44,51)(H,48,49)(H4,36,37,38)/t19-,20-,22-,25-,26-/m0/s1. The number of unbranched alkanes of at least 4 members (excludes halogenated alkanes) is 1. The van der Waals surface area contributed by atoms with Crippen LogP contribution >= 0.6 is 21.6 Å². The Kier molecular flexibility index (Phi) is 18.1. The lowest BCUT2D eigenvalue weighted by Gasteiger charge is -2.32. The summed E-state index contributed by atoms with van der Waals surface area (Å²) in [6.07, 6.45) is 2.44. The number of carboxylic acid groups (broad SMARTS) is 1. The smallest absolute Gasteiger partial charge is 0.305 e. The molecule has 1 saturated heterocycles. The Hall–Kier alpha value is -5.02. The van der Waals surface area contributed by atoms with Gasteiger partial charge in [-0.1, -0.05) is 39.8 Å². The second-order valence-electron chi connectivity index (χ2n) is 13.0. The number of aliphatic imine (C=N–C) groups is 1. The van der Waals surface area contributed by atoms with Crippen molar-refractivity contribution < 1.29 is 38.7 Å². The molecule has 302 valence electrons. The van der Waals surface area contributed by atoms with Crippen LogP contribution in [0.5, 0.6) is 0 Å². The number of carboxylic acids is 1. The zero-order valence-corrected chi connectivity index (χ0v) is 32.4. The molecule has 0 unspecified atom stereocenters. The van der Waals surface area contributed by atoms with E-state index < -0.39 is 84.6 Å². The van der Waals surface area contributed by atoms with Gasteiger partial charge in [-0.15, -0.1) is 0 Å². The van der Waals surface area contributed by atoms with E-state index in [4.69, 9.17) is 17.2 Å². The Morgan fingerprint density at radius 1 is 0.964 bits per heavy atom. The first-order valence-corrected chi connectivity index (χ1v) is 20.2. The monoisotopic (exact) mass is 805 g/mol. The number of aromatic amines is 1. The molecular formula is C34H51N11O8S2. The van der Waals surface area contributed by atoms with Crippen molar-refractivity contribution in [3.05, 3.63) is 36.0 Å². The molecule has 5 atom stereocenters. The minimum Gasteiger partial charge on any atom is -0.481 e. The van der Waals surface area contributed by atoms with Crippen LogP contribution in [0.15, 0.2) is 35.5 Å². The van der Waals surface area contributed by atoms with Crippen LogP contribution in [-0.4, -0.2) is 124 Å². The number of carbonyl (C=O) groups is 7. The number of para-hydroxylation sites is 1. The third kappa shape index (κ3) is 15.0. The number of guanidine groups is 1. The van der Waals surface area contributed by atoms with Crippen molar-refractivity contribution in [3.63, 3.8) is 0 Å². The molecule has 1 aromatic carbocycles. The molecule has 19 nitrogen and oxygen atoms in total. The molecule has 1 aliphatic rings. The van der Waals surface area contributed by atoms with Gasteiger partial charge in [-0.3, -0.25) is 38.6 Å². The zero-order valence-electron chi connectivity index (χ0n) is 30.8. The highest BCUT2D eigenvalue weighted by Crippen LogP contribution is 2.24. The van der Waals surface area contributed by atoms with Gasteiger partial charge in [-0.25, -0.2) is 0 Å². The van der Waals surface area contributed by atoms with Crippen molar-refractivity contribution in [1.29, 1.82) is 0 Å². The van der Waals surface area contributed by atoms with E-state index in [0.29, 0.717) is 19.4 Å². The van der Waals surface area contributed by atoms with Crippen LogP contribution in [0, 0.1) is 0 Å². The van der Waals surface area contributed by atoms with Gasteiger partial charge in [0.15, 0.2) is 5.96 Å². The minimum atomic E-state index is -1.22. The lowest BCUT2D eigenvalue weighted by Crippen LogP contribution is -2.57. The van der Waals surface area contributed by atoms with Crippen molar-refractivity contribution in [2.24, 2.45) is 22.2 Å². The largest absolute Gasteiger partial charge is 0.481 e. The molecule has 3 rings (SSSR count). The quantitative estimate of drug-likeness (QED) is 0.0574. The maximum atomic E-state index is 14.1.